The SMILES string of the molecule is COc1cccc(-c2noc(CNC(=O)C3CCCN(S(=O)(=O)c4ccc(Cl)cc4)C3)n2)c1. The van der Waals surface area contributed by atoms with Gasteiger partial charge in [-0.1, -0.05) is 28.9 Å². The average molecular weight is 491 g/mol. The molecule has 0 spiro atoms. The van der Waals surface area contributed by atoms with Gasteiger partial charge >= 0.3 is 0 Å². The first-order chi connectivity index (χ1) is 15.9. The van der Waals surface area contributed by atoms with Crippen LogP contribution in [0.3, 0.4) is 0 Å². The Labute approximate surface area is 196 Å². The molecular formula is C22H23ClN4O5S. The summed E-state index contributed by atoms with van der Waals surface area (Å²) in [6, 6.07) is 13.2. The van der Waals surface area contributed by atoms with Gasteiger partial charge in [-0.2, -0.15) is 9.29 Å². The summed E-state index contributed by atoms with van der Waals surface area (Å²) in [5, 5.41) is 7.18. The number of aromatic nitrogens is 2. The first-order valence-electron chi connectivity index (χ1n) is 10.4. The van der Waals surface area contributed by atoms with E-state index in [1.54, 1.807) is 13.2 Å². The van der Waals surface area contributed by atoms with Crippen LogP contribution in [0.2, 0.25) is 5.02 Å². The van der Waals surface area contributed by atoms with E-state index in [1.807, 2.05) is 18.2 Å². The molecule has 2 heterocycles. The number of nitrogens with zero attached hydrogens (tertiary/aromatic N) is 3. The zero-order valence-corrected chi connectivity index (χ0v) is 19.5. The standard InChI is InChI=1S/C22H23ClN4O5S/c1-31-18-6-2-4-15(12-18)21-25-20(32-26-21)13-24-22(28)16-5-3-11-27(14-16)33(29,30)19-9-7-17(23)8-10-19/h2,4,6-10,12,16H,3,5,11,13-14H2,1H3,(H,24,28). The van der Waals surface area contributed by atoms with Crippen molar-refractivity contribution in [2.75, 3.05) is 20.2 Å². The molecule has 11 heteroatoms. The molecule has 1 fully saturated rings. The maximum absolute atomic E-state index is 12.9. The Morgan fingerprint density at radius 1 is 1.27 bits per heavy atom. The van der Waals surface area contributed by atoms with Crippen LogP contribution in [0.15, 0.2) is 57.9 Å². The van der Waals surface area contributed by atoms with E-state index in [0.29, 0.717) is 36.0 Å². The Morgan fingerprint density at radius 2 is 2.06 bits per heavy atom. The lowest BCUT2D eigenvalue weighted by molar-refractivity contribution is -0.126. The molecule has 1 saturated heterocycles. The molecule has 2 aromatic carbocycles. The number of rotatable bonds is 7. The van der Waals surface area contributed by atoms with Gasteiger partial charge in [0.2, 0.25) is 27.6 Å². The van der Waals surface area contributed by atoms with E-state index in [4.69, 9.17) is 20.9 Å². The Hall–Kier alpha value is -2.95. The number of piperidine rings is 1. The van der Waals surface area contributed by atoms with Gasteiger partial charge in [-0.3, -0.25) is 4.79 Å². The molecule has 1 N–H and O–H groups in total. The molecule has 0 bridgehead atoms. The highest BCUT2D eigenvalue weighted by Crippen LogP contribution is 2.25. The minimum Gasteiger partial charge on any atom is -0.497 e. The van der Waals surface area contributed by atoms with Gasteiger partial charge in [0.25, 0.3) is 0 Å². The van der Waals surface area contributed by atoms with Crippen LogP contribution in [0.4, 0.5) is 0 Å². The van der Waals surface area contributed by atoms with E-state index in [2.05, 4.69) is 15.5 Å². The minimum absolute atomic E-state index is 0.0518. The summed E-state index contributed by atoms with van der Waals surface area (Å²) in [5.41, 5.74) is 0.728. The van der Waals surface area contributed by atoms with Crippen molar-refractivity contribution in [1.29, 1.82) is 0 Å². The van der Waals surface area contributed by atoms with Gasteiger partial charge in [-0.05, 0) is 49.2 Å². The summed E-state index contributed by atoms with van der Waals surface area (Å²) in [7, 11) is -2.13. The summed E-state index contributed by atoms with van der Waals surface area (Å²) < 4.78 is 37.7. The zero-order valence-electron chi connectivity index (χ0n) is 17.9. The van der Waals surface area contributed by atoms with Crippen molar-refractivity contribution in [3.05, 3.63) is 59.4 Å². The largest absolute Gasteiger partial charge is 0.497 e. The molecule has 9 nitrogen and oxygen atoms in total. The molecule has 1 aromatic heterocycles. The van der Waals surface area contributed by atoms with Gasteiger partial charge < -0.3 is 14.6 Å². The number of halogens is 1. The number of sulfonamides is 1. The predicted octanol–water partition coefficient (Wildman–Crippen LogP) is 3.12. The van der Waals surface area contributed by atoms with Crippen LogP contribution in [0.1, 0.15) is 18.7 Å². The van der Waals surface area contributed by atoms with Crippen molar-refractivity contribution in [3.63, 3.8) is 0 Å². The second-order valence-corrected chi connectivity index (χ2v) is 9.99. The molecule has 1 unspecified atom stereocenters. The molecule has 4 rings (SSSR count). The minimum atomic E-state index is -3.70. The summed E-state index contributed by atoms with van der Waals surface area (Å²) in [4.78, 5) is 17.2. The highest BCUT2D eigenvalue weighted by molar-refractivity contribution is 7.89. The zero-order chi connectivity index (χ0) is 23.4. The maximum Gasteiger partial charge on any atom is 0.246 e. The monoisotopic (exact) mass is 490 g/mol. The molecule has 1 aliphatic rings. The number of hydrogen-bond donors (Lipinski definition) is 1. The molecule has 0 saturated carbocycles. The Balaban J connectivity index is 1.37. The average Bonchev–Trinajstić information content (AvgIpc) is 3.32. The van der Waals surface area contributed by atoms with Gasteiger partial charge in [0, 0.05) is 23.7 Å². The van der Waals surface area contributed by atoms with Crippen molar-refractivity contribution in [2.45, 2.75) is 24.3 Å². The van der Waals surface area contributed by atoms with Crippen molar-refractivity contribution in [2.24, 2.45) is 5.92 Å². The summed E-state index contributed by atoms with van der Waals surface area (Å²) in [6.45, 7) is 0.522. The van der Waals surface area contributed by atoms with E-state index < -0.39 is 15.9 Å². The third kappa shape index (κ3) is 5.35. The van der Waals surface area contributed by atoms with Crippen LogP contribution in [-0.2, 0) is 21.4 Å². The first-order valence-corrected chi connectivity index (χ1v) is 12.2. The molecular weight excluding hydrogens is 468 g/mol. The molecule has 0 aliphatic carbocycles. The van der Waals surface area contributed by atoms with E-state index in [-0.39, 0.29) is 29.8 Å². The normalized spacial score (nSPS) is 17.0. The second kappa shape index (κ2) is 9.90. The number of ether oxygens (including phenoxy) is 1. The van der Waals surface area contributed by atoms with Gasteiger partial charge in [-0.25, -0.2) is 8.42 Å². The molecule has 1 amide bonds. The number of amides is 1. The second-order valence-electron chi connectivity index (χ2n) is 7.62. The van der Waals surface area contributed by atoms with Crippen molar-refractivity contribution < 1.29 is 22.5 Å². The molecule has 3 aromatic rings. The Bertz CT molecular complexity index is 1230. The molecule has 174 valence electrons. The molecule has 0 radical (unpaired) electrons. The third-order valence-electron chi connectivity index (χ3n) is 5.42. The van der Waals surface area contributed by atoms with E-state index in [9.17, 15) is 13.2 Å². The fraction of sp³-hybridized carbons (Fsp3) is 0.318. The van der Waals surface area contributed by atoms with Crippen LogP contribution < -0.4 is 10.1 Å². The van der Waals surface area contributed by atoms with Crippen LogP contribution >= 0.6 is 11.6 Å². The lowest BCUT2D eigenvalue weighted by atomic mass is 9.99. The fourth-order valence-electron chi connectivity index (χ4n) is 3.64. The smallest absolute Gasteiger partial charge is 0.246 e. The van der Waals surface area contributed by atoms with Gasteiger partial charge in [-0.15, -0.1) is 0 Å². The van der Waals surface area contributed by atoms with Crippen LogP contribution in [0.25, 0.3) is 11.4 Å². The number of hydrogen-bond acceptors (Lipinski definition) is 7. The van der Waals surface area contributed by atoms with E-state index in [1.165, 1.54) is 28.6 Å². The lowest BCUT2D eigenvalue weighted by Crippen LogP contribution is -2.45. The van der Waals surface area contributed by atoms with E-state index >= 15 is 0 Å². The van der Waals surface area contributed by atoms with Crippen LogP contribution in [0.5, 0.6) is 5.75 Å². The number of methoxy groups -OCH3 is 1. The van der Waals surface area contributed by atoms with Gasteiger partial charge in [0.1, 0.15) is 5.75 Å². The van der Waals surface area contributed by atoms with Gasteiger partial charge in [0.15, 0.2) is 0 Å². The number of carbonyl (C=O) groups excluding carboxylic acids is 1. The molecule has 1 aliphatic heterocycles. The highest BCUT2D eigenvalue weighted by Gasteiger charge is 2.33. The third-order valence-corrected chi connectivity index (χ3v) is 7.55. The Morgan fingerprint density at radius 3 is 2.82 bits per heavy atom. The van der Waals surface area contributed by atoms with Gasteiger partial charge in [0.05, 0.1) is 24.5 Å². The molecule has 33 heavy (non-hydrogen) atoms. The number of benzene rings is 2. The van der Waals surface area contributed by atoms with Crippen LogP contribution in [-0.4, -0.2) is 49.0 Å². The van der Waals surface area contributed by atoms with Crippen molar-refractivity contribution >= 4 is 27.5 Å². The number of carbonyl (C=O) groups is 1. The first kappa shape index (κ1) is 23.2. The number of nitrogens with one attached hydrogen (secondary N) is 1. The highest BCUT2D eigenvalue weighted by atomic mass is 35.5. The van der Waals surface area contributed by atoms with Crippen molar-refractivity contribution in [1.82, 2.24) is 19.8 Å². The quantitative estimate of drug-likeness (QED) is 0.541. The summed E-state index contributed by atoms with van der Waals surface area (Å²) >= 11 is 5.86. The fourth-order valence-corrected chi connectivity index (χ4v) is 5.29. The van der Waals surface area contributed by atoms with Crippen LogP contribution in [0, 0.1) is 5.92 Å². The van der Waals surface area contributed by atoms with E-state index in [0.717, 1.165) is 5.56 Å². The predicted molar refractivity (Wildman–Crippen MR) is 121 cm³/mol. The molecule has 1 atom stereocenters. The maximum atomic E-state index is 12.9. The summed E-state index contributed by atoms with van der Waals surface area (Å²) in [5.74, 6) is 0.579. The summed E-state index contributed by atoms with van der Waals surface area (Å²) in [6.07, 6.45) is 1.18. The lowest BCUT2D eigenvalue weighted by Gasteiger charge is -2.31. The van der Waals surface area contributed by atoms with Crippen molar-refractivity contribution in [3.8, 4) is 17.1 Å². The Kier molecular flexibility index (Phi) is 6.96. The topological polar surface area (TPSA) is 115 Å².